The molecule has 0 spiro atoms. The van der Waals surface area contributed by atoms with Gasteiger partial charge >= 0.3 is 0 Å². The van der Waals surface area contributed by atoms with E-state index in [9.17, 15) is 4.79 Å². The third kappa shape index (κ3) is 17.5. The Kier molecular flexibility index (Phi) is 24.0. The second-order valence-corrected chi connectivity index (χ2v) is 11.8. The average molecular weight is 527 g/mol. The Labute approximate surface area is 231 Å². The van der Waals surface area contributed by atoms with Crippen LogP contribution in [0.2, 0.25) is 0 Å². The molecular weight excluding hydrogens is 460 g/mol. The lowest BCUT2D eigenvalue weighted by Gasteiger charge is -2.43. The minimum atomic E-state index is -1.39. The highest BCUT2D eigenvalue weighted by Crippen LogP contribution is 2.40. The predicted octanol–water partition coefficient (Wildman–Crippen LogP) is 8.81. The standard InChI is InChI=1S/C32H66N2O3/c1-5-7-9-11-13-15-17-19-21-23-28-36-32(30(34)35,31(3,4)26-25-27-33)37-29-24-22-20-18-16-14-12-10-8-6-2/h5-29,33H2,1-4H3,(H2,34,35). The fraction of sp³-hybridized carbons (Fsp3) is 0.969. The minimum absolute atomic E-state index is 0.503. The molecule has 5 nitrogen and oxygen atoms in total. The number of hydrogen-bond donors (Lipinski definition) is 2. The molecular formula is C32H66N2O3. The summed E-state index contributed by atoms with van der Waals surface area (Å²) in [6.07, 6.45) is 26.8. The van der Waals surface area contributed by atoms with Crippen molar-refractivity contribution in [2.75, 3.05) is 19.8 Å². The van der Waals surface area contributed by atoms with E-state index in [0.717, 1.165) is 38.5 Å². The number of rotatable bonds is 29. The zero-order valence-corrected chi connectivity index (χ0v) is 25.6. The highest BCUT2D eigenvalue weighted by Gasteiger charge is 2.52. The Morgan fingerprint density at radius 1 is 0.568 bits per heavy atom. The molecule has 0 saturated heterocycles. The van der Waals surface area contributed by atoms with Crippen molar-refractivity contribution in [2.24, 2.45) is 16.9 Å². The number of carbonyl (C=O) groups excluding carboxylic acids is 1. The molecule has 0 aromatic carbocycles. The molecule has 0 aliphatic rings. The van der Waals surface area contributed by atoms with Crippen LogP contribution < -0.4 is 11.5 Å². The lowest BCUT2D eigenvalue weighted by molar-refractivity contribution is -0.276. The van der Waals surface area contributed by atoms with E-state index in [1.165, 1.54) is 103 Å². The van der Waals surface area contributed by atoms with Crippen LogP contribution in [0.5, 0.6) is 0 Å². The molecule has 0 radical (unpaired) electrons. The van der Waals surface area contributed by atoms with E-state index in [4.69, 9.17) is 20.9 Å². The number of primary amides is 1. The summed E-state index contributed by atoms with van der Waals surface area (Å²) >= 11 is 0. The highest BCUT2D eigenvalue weighted by molar-refractivity contribution is 5.83. The van der Waals surface area contributed by atoms with Crippen molar-refractivity contribution in [3.05, 3.63) is 0 Å². The van der Waals surface area contributed by atoms with Gasteiger partial charge in [-0.1, -0.05) is 143 Å². The van der Waals surface area contributed by atoms with Crippen LogP contribution in [0.1, 0.15) is 169 Å². The predicted molar refractivity (Wildman–Crippen MR) is 160 cm³/mol. The van der Waals surface area contributed by atoms with Crippen molar-refractivity contribution in [2.45, 2.75) is 175 Å². The first-order chi connectivity index (χ1) is 17.9. The molecule has 0 aromatic heterocycles. The van der Waals surface area contributed by atoms with Crippen molar-refractivity contribution >= 4 is 5.91 Å². The van der Waals surface area contributed by atoms with Crippen molar-refractivity contribution < 1.29 is 14.3 Å². The van der Waals surface area contributed by atoms with Crippen LogP contribution in [0, 0.1) is 5.41 Å². The van der Waals surface area contributed by atoms with Gasteiger partial charge in [-0.25, -0.2) is 0 Å². The molecule has 37 heavy (non-hydrogen) atoms. The molecule has 0 heterocycles. The van der Waals surface area contributed by atoms with Crippen LogP contribution in [0.3, 0.4) is 0 Å². The normalized spacial score (nSPS) is 12.4. The molecule has 1 amide bonds. The Hall–Kier alpha value is -0.650. The minimum Gasteiger partial charge on any atom is -0.365 e. The fourth-order valence-electron chi connectivity index (χ4n) is 5.23. The molecule has 0 fully saturated rings. The third-order valence-electron chi connectivity index (χ3n) is 7.83. The van der Waals surface area contributed by atoms with Crippen LogP contribution in [0.4, 0.5) is 0 Å². The number of nitrogens with two attached hydrogens (primary N) is 2. The van der Waals surface area contributed by atoms with Crippen molar-refractivity contribution in [3.63, 3.8) is 0 Å². The van der Waals surface area contributed by atoms with Crippen LogP contribution >= 0.6 is 0 Å². The maximum atomic E-state index is 12.8. The van der Waals surface area contributed by atoms with E-state index in [2.05, 4.69) is 13.8 Å². The number of carbonyl (C=O) groups is 1. The average Bonchev–Trinajstić information content (AvgIpc) is 2.87. The lowest BCUT2D eigenvalue weighted by Crippen LogP contribution is -2.59. The zero-order chi connectivity index (χ0) is 27.7. The lowest BCUT2D eigenvalue weighted by atomic mass is 9.78. The summed E-state index contributed by atoms with van der Waals surface area (Å²) in [6, 6.07) is 0. The van der Waals surface area contributed by atoms with E-state index in [1.54, 1.807) is 0 Å². The number of unbranched alkanes of at least 4 members (excludes halogenated alkanes) is 18. The van der Waals surface area contributed by atoms with Crippen LogP contribution in [-0.4, -0.2) is 31.5 Å². The molecule has 4 N–H and O–H groups in total. The summed E-state index contributed by atoms with van der Waals surface area (Å²) in [5.74, 6) is -1.89. The van der Waals surface area contributed by atoms with Gasteiger partial charge in [0.05, 0.1) is 13.2 Å². The van der Waals surface area contributed by atoms with Gasteiger partial charge in [0.1, 0.15) is 0 Å². The largest absolute Gasteiger partial charge is 0.365 e. The molecule has 0 aromatic rings. The van der Waals surface area contributed by atoms with Crippen molar-refractivity contribution in [3.8, 4) is 0 Å². The second-order valence-electron chi connectivity index (χ2n) is 11.8. The Bertz CT molecular complexity index is 484. The molecule has 0 bridgehead atoms. The van der Waals surface area contributed by atoms with Gasteiger partial charge in [-0.2, -0.15) is 0 Å². The van der Waals surface area contributed by atoms with Gasteiger partial charge in [0.15, 0.2) is 0 Å². The van der Waals surface area contributed by atoms with Crippen LogP contribution in [0.25, 0.3) is 0 Å². The van der Waals surface area contributed by atoms with E-state index < -0.39 is 17.1 Å². The SMILES string of the molecule is CCCCCCCCCCCCOC(OCCCCCCCCCCCC)(C(N)=O)C(C)(C)CCCN. The van der Waals surface area contributed by atoms with E-state index in [-0.39, 0.29) is 0 Å². The first-order valence-electron chi connectivity index (χ1n) is 16.2. The van der Waals surface area contributed by atoms with E-state index >= 15 is 0 Å². The maximum Gasteiger partial charge on any atom is 0.278 e. The summed E-state index contributed by atoms with van der Waals surface area (Å²) in [4.78, 5) is 12.8. The molecule has 0 aliphatic heterocycles. The quantitative estimate of drug-likeness (QED) is 0.0752. The molecule has 0 unspecified atom stereocenters. The molecule has 0 rings (SSSR count). The van der Waals surface area contributed by atoms with E-state index in [1.807, 2.05) is 13.8 Å². The number of hydrogen-bond acceptors (Lipinski definition) is 4. The van der Waals surface area contributed by atoms with Gasteiger partial charge in [-0.15, -0.1) is 0 Å². The molecule has 0 saturated carbocycles. The van der Waals surface area contributed by atoms with Crippen molar-refractivity contribution in [1.29, 1.82) is 0 Å². The highest BCUT2D eigenvalue weighted by atomic mass is 16.7. The topological polar surface area (TPSA) is 87.6 Å². The Morgan fingerprint density at radius 3 is 1.19 bits per heavy atom. The summed E-state index contributed by atoms with van der Waals surface area (Å²) in [7, 11) is 0. The van der Waals surface area contributed by atoms with Gasteiger partial charge in [0, 0.05) is 5.41 Å². The molecule has 0 atom stereocenters. The monoisotopic (exact) mass is 527 g/mol. The van der Waals surface area contributed by atoms with Gasteiger partial charge in [-0.3, -0.25) is 4.79 Å². The Morgan fingerprint density at radius 2 is 0.892 bits per heavy atom. The second kappa shape index (κ2) is 24.4. The van der Waals surface area contributed by atoms with Crippen molar-refractivity contribution in [1.82, 2.24) is 0 Å². The van der Waals surface area contributed by atoms with Crippen LogP contribution in [0.15, 0.2) is 0 Å². The first-order valence-corrected chi connectivity index (χ1v) is 16.2. The van der Waals surface area contributed by atoms with E-state index in [0.29, 0.717) is 19.8 Å². The summed E-state index contributed by atoms with van der Waals surface area (Å²) < 4.78 is 12.6. The molecule has 5 heteroatoms. The van der Waals surface area contributed by atoms with Gasteiger partial charge in [0.2, 0.25) is 0 Å². The summed E-state index contributed by atoms with van der Waals surface area (Å²) in [5, 5.41) is 0. The number of ether oxygens (including phenoxy) is 2. The fourth-order valence-corrected chi connectivity index (χ4v) is 5.23. The third-order valence-corrected chi connectivity index (χ3v) is 7.83. The molecule has 222 valence electrons. The summed E-state index contributed by atoms with van der Waals surface area (Å²) in [5.41, 5.74) is 11.2. The first kappa shape index (κ1) is 36.4. The maximum absolute atomic E-state index is 12.8. The van der Waals surface area contributed by atoms with Gasteiger partial charge in [0.25, 0.3) is 11.7 Å². The van der Waals surface area contributed by atoms with Gasteiger partial charge in [-0.05, 0) is 32.2 Å². The van der Waals surface area contributed by atoms with Crippen LogP contribution in [-0.2, 0) is 14.3 Å². The zero-order valence-electron chi connectivity index (χ0n) is 25.6. The molecule has 0 aliphatic carbocycles. The number of amides is 1. The Balaban J connectivity index is 4.49. The van der Waals surface area contributed by atoms with Gasteiger partial charge < -0.3 is 20.9 Å². The summed E-state index contributed by atoms with van der Waals surface area (Å²) in [6.45, 7) is 10.2. The smallest absolute Gasteiger partial charge is 0.278 e.